The average Bonchev–Trinajstić information content (AvgIpc) is 2.25. The third-order valence-electron chi connectivity index (χ3n) is 2.21. The Morgan fingerprint density at radius 1 is 1.35 bits per heavy atom. The van der Waals surface area contributed by atoms with Gasteiger partial charge in [0.25, 0.3) is 0 Å². The zero-order valence-electron chi connectivity index (χ0n) is 10.0. The van der Waals surface area contributed by atoms with E-state index in [0.29, 0.717) is 5.69 Å². The summed E-state index contributed by atoms with van der Waals surface area (Å²) in [4.78, 5) is 26.8. The van der Waals surface area contributed by atoms with E-state index < -0.39 is 11.2 Å². The lowest BCUT2D eigenvalue weighted by Gasteiger charge is -2.15. The van der Waals surface area contributed by atoms with E-state index in [2.05, 4.69) is 4.98 Å². The van der Waals surface area contributed by atoms with Gasteiger partial charge in [-0.25, -0.2) is 0 Å². The standard InChI is InChI=1S/C12H15NO3S/c1-7(2)11(12(15)16)17-9-4-5-10(8(3)14)13-6-9/h4-7,11H,1-3H3,(H,15,16). The number of carbonyl (C=O) groups is 2. The molecule has 0 amide bonds. The van der Waals surface area contributed by atoms with E-state index in [9.17, 15) is 9.59 Å². The van der Waals surface area contributed by atoms with E-state index in [-0.39, 0.29) is 11.7 Å². The Morgan fingerprint density at radius 3 is 2.35 bits per heavy atom. The molecular weight excluding hydrogens is 238 g/mol. The van der Waals surface area contributed by atoms with Gasteiger partial charge in [-0.15, -0.1) is 11.8 Å². The Hall–Kier alpha value is -1.36. The summed E-state index contributed by atoms with van der Waals surface area (Å²) in [5.41, 5.74) is 0.394. The van der Waals surface area contributed by atoms with E-state index >= 15 is 0 Å². The highest BCUT2D eigenvalue weighted by molar-refractivity contribution is 8.00. The first kappa shape index (κ1) is 13.7. The van der Waals surface area contributed by atoms with Crippen molar-refractivity contribution in [1.82, 2.24) is 4.98 Å². The third kappa shape index (κ3) is 3.85. The van der Waals surface area contributed by atoms with Crippen molar-refractivity contribution in [2.45, 2.75) is 30.9 Å². The molecule has 92 valence electrons. The van der Waals surface area contributed by atoms with Gasteiger partial charge in [0.15, 0.2) is 5.78 Å². The van der Waals surface area contributed by atoms with Gasteiger partial charge >= 0.3 is 5.97 Å². The summed E-state index contributed by atoms with van der Waals surface area (Å²) in [6.45, 7) is 5.18. The number of carboxylic acid groups (broad SMARTS) is 1. The van der Waals surface area contributed by atoms with Crippen LogP contribution in [-0.2, 0) is 4.79 Å². The summed E-state index contributed by atoms with van der Waals surface area (Å²) in [6.07, 6.45) is 1.54. The molecule has 0 radical (unpaired) electrons. The van der Waals surface area contributed by atoms with Crippen molar-refractivity contribution in [3.63, 3.8) is 0 Å². The number of Topliss-reactive ketones (excluding diaryl/α,β-unsaturated/α-hetero) is 1. The largest absolute Gasteiger partial charge is 0.480 e. The number of ketones is 1. The Morgan fingerprint density at radius 2 is 2.00 bits per heavy atom. The Bertz CT molecular complexity index is 414. The van der Waals surface area contributed by atoms with Crippen molar-refractivity contribution in [3.05, 3.63) is 24.0 Å². The molecule has 0 spiro atoms. The molecule has 1 atom stereocenters. The molecule has 0 aliphatic heterocycles. The van der Waals surface area contributed by atoms with Gasteiger partial charge in [-0.05, 0) is 18.1 Å². The molecule has 0 aromatic carbocycles. The summed E-state index contributed by atoms with van der Waals surface area (Å²) in [7, 11) is 0. The summed E-state index contributed by atoms with van der Waals surface area (Å²) >= 11 is 1.25. The monoisotopic (exact) mass is 253 g/mol. The highest BCUT2D eigenvalue weighted by Crippen LogP contribution is 2.27. The van der Waals surface area contributed by atoms with Crippen LogP contribution in [0.4, 0.5) is 0 Å². The van der Waals surface area contributed by atoms with Gasteiger partial charge in [0, 0.05) is 18.0 Å². The van der Waals surface area contributed by atoms with Crippen molar-refractivity contribution in [2.75, 3.05) is 0 Å². The minimum absolute atomic E-state index is 0.0324. The van der Waals surface area contributed by atoms with Crippen LogP contribution in [0, 0.1) is 5.92 Å². The SMILES string of the molecule is CC(=O)c1ccc(SC(C(=O)O)C(C)C)cn1. The molecule has 1 N–H and O–H groups in total. The van der Waals surface area contributed by atoms with Crippen LogP contribution in [0.1, 0.15) is 31.3 Å². The predicted octanol–water partition coefficient (Wildman–Crippen LogP) is 2.49. The number of nitrogens with zero attached hydrogens (tertiary/aromatic N) is 1. The Labute approximate surface area is 104 Å². The molecule has 1 rings (SSSR count). The van der Waals surface area contributed by atoms with Crippen molar-refractivity contribution in [2.24, 2.45) is 5.92 Å². The first-order valence-corrected chi connectivity index (χ1v) is 6.16. The Kier molecular flexibility index (Phi) is 4.69. The second-order valence-electron chi connectivity index (χ2n) is 4.06. The lowest BCUT2D eigenvalue weighted by atomic mass is 10.1. The van der Waals surface area contributed by atoms with E-state index in [1.54, 1.807) is 18.3 Å². The zero-order valence-corrected chi connectivity index (χ0v) is 10.8. The minimum atomic E-state index is -0.833. The molecule has 0 aliphatic rings. The molecular formula is C12H15NO3S. The molecule has 0 fully saturated rings. The van der Waals surface area contributed by atoms with E-state index in [1.807, 2.05) is 13.8 Å². The quantitative estimate of drug-likeness (QED) is 0.645. The molecule has 1 aromatic heterocycles. The lowest BCUT2D eigenvalue weighted by molar-refractivity contribution is -0.137. The van der Waals surface area contributed by atoms with Crippen LogP contribution in [0.2, 0.25) is 0 Å². The smallest absolute Gasteiger partial charge is 0.317 e. The highest BCUT2D eigenvalue weighted by Gasteiger charge is 2.22. The van der Waals surface area contributed by atoms with Crippen LogP contribution >= 0.6 is 11.8 Å². The third-order valence-corrected chi connectivity index (χ3v) is 3.72. The van der Waals surface area contributed by atoms with Gasteiger partial charge in [-0.2, -0.15) is 0 Å². The van der Waals surface area contributed by atoms with Crippen LogP contribution in [0.15, 0.2) is 23.2 Å². The maximum atomic E-state index is 11.0. The first-order valence-electron chi connectivity index (χ1n) is 5.28. The van der Waals surface area contributed by atoms with E-state index in [0.717, 1.165) is 4.90 Å². The predicted molar refractivity (Wildman–Crippen MR) is 66.4 cm³/mol. The summed E-state index contributed by atoms with van der Waals surface area (Å²) in [5.74, 6) is -0.897. The summed E-state index contributed by atoms with van der Waals surface area (Å²) < 4.78 is 0. The fraction of sp³-hybridized carbons (Fsp3) is 0.417. The van der Waals surface area contributed by atoms with Gasteiger partial charge in [-0.3, -0.25) is 14.6 Å². The number of rotatable bonds is 5. The van der Waals surface area contributed by atoms with Gasteiger partial charge in [0.1, 0.15) is 10.9 Å². The number of hydrogen-bond acceptors (Lipinski definition) is 4. The minimum Gasteiger partial charge on any atom is -0.480 e. The van der Waals surface area contributed by atoms with E-state index in [1.165, 1.54) is 18.7 Å². The number of carbonyl (C=O) groups excluding carboxylic acids is 1. The van der Waals surface area contributed by atoms with Gasteiger partial charge in [0.2, 0.25) is 0 Å². The number of pyridine rings is 1. The number of aliphatic carboxylic acids is 1. The zero-order chi connectivity index (χ0) is 13.0. The molecule has 17 heavy (non-hydrogen) atoms. The lowest BCUT2D eigenvalue weighted by Crippen LogP contribution is -2.22. The molecule has 1 aromatic rings. The van der Waals surface area contributed by atoms with Crippen LogP contribution in [0.5, 0.6) is 0 Å². The van der Waals surface area contributed by atoms with Crippen LogP contribution < -0.4 is 0 Å². The molecule has 1 unspecified atom stereocenters. The van der Waals surface area contributed by atoms with Gasteiger partial charge in [0.05, 0.1) is 0 Å². The number of thioether (sulfide) groups is 1. The molecule has 0 bridgehead atoms. The number of carboxylic acids is 1. The molecule has 4 nitrogen and oxygen atoms in total. The number of hydrogen-bond donors (Lipinski definition) is 1. The fourth-order valence-electron chi connectivity index (χ4n) is 1.28. The van der Waals surface area contributed by atoms with Crippen molar-refractivity contribution in [1.29, 1.82) is 0 Å². The van der Waals surface area contributed by atoms with Crippen molar-refractivity contribution >= 4 is 23.5 Å². The second kappa shape index (κ2) is 5.82. The van der Waals surface area contributed by atoms with Crippen molar-refractivity contribution in [3.8, 4) is 0 Å². The Balaban J connectivity index is 2.80. The summed E-state index contributed by atoms with van der Waals surface area (Å²) in [6, 6.07) is 3.34. The summed E-state index contributed by atoms with van der Waals surface area (Å²) in [5, 5.41) is 8.55. The molecule has 0 saturated heterocycles. The number of aromatic nitrogens is 1. The molecule has 1 heterocycles. The normalized spacial score (nSPS) is 12.5. The highest BCUT2D eigenvalue weighted by atomic mass is 32.2. The maximum absolute atomic E-state index is 11.0. The fourth-order valence-corrected chi connectivity index (χ4v) is 2.20. The second-order valence-corrected chi connectivity index (χ2v) is 5.27. The van der Waals surface area contributed by atoms with Gasteiger partial charge < -0.3 is 5.11 Å². The topological polar surface area (TPSA) is 67.3 Å². The molecule has 0 saturated carbocycles. The first-order chi connectivity index (χ1) is 7.91. The van der Waals surface area contributed by atoms with Crippen LogP contribution in [0.3, 0.4) is 0 Å². The maximum Gasteiger partial charge on any atom is 0.317 e. The molecule has 5 heteroatoms. The van der Waals surface area contributed by atoms with Crippen molar-refractivity contribution < 1.29 is 14.7 Å². The average molecular weight is 253 g/mol. The van der Waals surface area contributed by atoms with Crippen LogP contribution in [0.25, 0.3) is 0 Å². The van der Waals surface area contributed by atoms with Crippen LogP contribution in [-0.4, -0.2) is 27.1 Å². The molecule has 0 aliphatic carbocycles. The van der Waals surface area contributed by atoms with Gasteiger partial charge in [-0.1, -0.05) is 13.8 Å². The van der Waals surface area contributed by atoms with E-state index in [4.69, 9.17) is 5.11 Å².